The lowest BCUT2D eigenvalue weighted by atomic mass is 9.90. The third-order valence-corrected chi connectivity index (χ3v) is 4.24. The molecule has 1 rings (SSSR count). The fourth-order valence-corrected chi connectivity index (χ4v) is 3.06. The van der Waals surface area contributed by atoms with Crippen LogP contribution in [0.2, 0.25) is 0 Å². The summed E-state index contributed by atoms with van der Waals surface area (Å²) < 4.78 is 0. The lowest BCUT2D eigenvalue weighted by Gasteiger charge is -2.18. The minimum absolute atomic E-state index is 0.128. The van der Waals surface area contributed by atoms with Crippen molar-refractivity contribution in [2.45, 2.75) is 72.3 Å². The number of thiazole rings is 1. The molecule has 0 saturated carbocycles. The van der Waals surface area contributed by atoms with Gasteiger partial charge in [0.1, 0.15) is 0 Å². The van der Waals surface area contributed by atoms with Crippen molar-refractivity contribution in [3.8, 4) is 0 Å². The van der Waals surface area contributed by atoms with E-state index in [0.717, 1.165) is 13.1 Å². The maximum atomic E-state index is 4.91. The van der Waals surface area contributed by atoms with Gasteiger partial charge in [0.25, 0.3) is 0 Å². The normalized spacial score (nSPS) is 13.1. The lowest BCUT2D eigenvalue weighted by molar-refractivity contribution is 0.539. The zero-order valence-corrected chi connectivity index (χ0v) is 13.8. The lowest BCUT2D eigenvalue weighted by Crippen LogP contribution is -2.19. The van der Waals surface area contributed by atoms with Crippen LogP contribution < -0.4 is 5.32 Å². The van der Waals surface area contributed by atoms with Crippen LogP contribution in [0, 0.1) is 0 Å². The van der Waals surface area contributed by atoms with Crippen LogP contribution in [0.1, 0.15) is 70.5 Å². The van der Waals surface area contributed by atoms with Crippen molar-refractivity contribution < 1.29 is 0 Å². The summed E-state index contributed by atoms with van der Waals surface area (Å²) in [5, 5.41) is 4.75. The predicted octanol–water partition coefficient (Wildman–Crippen LogP) is 4.24. The molecule has 0 saturated heterocycles. The van der Waals surface area contributed by atoms with Gasteiger partial charge in [0, 0.05) is 22.3 Å². The summed E-state index contributed by atoms with van der Waals surface area (Å²) in [6, 6.07) is 0. The largest absolute Gasteiger partial charge is 0.312 e. The van der Waals surface area contributed by atoms with Crippen LogP contribution in [0.3, 0.4) is 0 Å². The second kappa shape index (κ2) is 5.70. The van der Waals surface area contributed by atoms with E-state index in [2.05, 4.69) is 53.8 Å². The molecule has 0 bridgehead atoms. The number of nitrogens with one attached hydrogen (secondary N) is 1. The van der Waals surface area contributed by atoms with Gasteiger partial charge in [-0.2, -0.15) is 0 Å². The number of nitrogens with zero attached hydrogens (tertiary/aromatic N) is 1. The Labute approximate surface area is 116 Å². The van der Waals surface area contributed by atoms with Crippen molar-refractivity contribution in [1.82, 2.24) is 10.3 Å². The Hall–Kier alpha value is -0.410. The van der Waals surface area contributed by atoms with Crippen molar-refractivity contribution in [2.75, 3.05) is 6.54 Å². The fourth-order valence-electron chi connectivity index (χ4n) is 1.76. The quantitative estimate of drug-likeness (QED) is 0.826. The molecule has 0 unspecified atom stereocenters. The van der Waals surface area contributed by atoms with E-state index in [1.165, 1.54) is 22.0 Å². The van der Waals surface area contributed by atoms with Gasteiger partial charge in [0.15, 0.2) is 0 Å². The van der Waals surface area contributed by atoms with Crippen molar-refractivity contribution in [1.29, 1.82) is 0 Å². The maximum absolute atomic E-state index is 4.91. The molecule has 1 heterocycles. The number of rotatable bonds is 4. The minimum atomic E-state index is 0.128. The average Bonchev–Trinajstić information content (AvgIpc) is 2.61. The molecule has 104 valence electrons. The second-order valence-corrected chi connectivity index (χ2v) is 8.05. The van der Waals surface area contributed by atoms with Crippen LogP contribution in [0.5, 0.6) is 0 Å². The van der Waals surface area contributed by atoms with Crippen LogP contribution in [0.25, 0.3) is 0 Å². The van der Waals surface area contributed by atoms with Gasteiger partial charge in [0.05, 0.1) is 10.7 Å². The zero-order valence-electron chi connectivity index (χ0n) is 13.0. The molecule has 0 aliphatic carbocycles. The molecule has 3 heteroatoms. The molecule has 0 radical (unpaired) electrons. The van der Waals surface area contributed by atoms with Crippen LogP contribution in [-0.4, -0.2) is 11.5 Å². The molecule has 0 aliphatic rings. The zero-order chi connectivity index (χ0) is 14.0. The fraction of sp³-hybridized carbons (Fsp3) is 0.800. The van der Waals surface area contributed by atoms with Crippen LogP contribution in [0.4, 0.5) is 0 Å². The summed E-state index contributed by atoms with van der Waals surface area (Å²) in [4.78, 5) is 6.31. The number of hydrogen-bond acceptors (Lipinski definition) is 3. The van der Waals surface area contributed by atoms with E-state index in [4.69, 9.17) is 4.98 Å². The summed E-state index contributed by atoms with van der Waals surface area (Å²) in [6.07, 6.45) is 1.18. The molecule has 0 aliphatic heterocycles. The maximum Gasteiger partial charge on any atom is 0.0985 e. The van der Waals surface area contributed by atoms with Crippen LogP contribution >= 0.6 is 11.3 Å². The van der Waals surface area contributed by atoms with E-state index in [-0.39, 0.29) is 10.8 Å². The molecule has 1 aromatic rings. The van der Waals surface area contributed by atoms with Crippen molar-refractivity contribution in [3.05, 3.63) is 15.6 Å². The Kier molecular flexibility index (Phi) is 4.96. The molecule has 18 heavy (non-hydrogen) atoms. The van der Waals surface area contributed by atoms with E-state index < -0.39 is 0 Å². The Bertz CT molecular complexity index is 380. The molecule has 1 N–H and O–H groups in total. The third kappa shape index (κ3) is 4.06. The highest BCUT2D eigenvalue weighted by Crippen LogP contribution is 2.34. The van der Waals surface area contributed by atoms with Crippen LogP contribution in [0.15, 0.2) is 0 Å². The number of aromatic nitrogens is 1. The van der Waals surface area contributed by atoms with E-state index in [1.807, 2.05) is 11.3 Å². The van der Waals surface area contributed by atoms with E-state index in [0.29, 0.717) is 0 Å². The first-order valence-corrected chi connectivity index (χ1v) is 7.69. The molecule has 0 aromatic carbocycles. The molecule has 1 aromatic heterocycles. The molecule has 0 spiro atoms. The van der Waals surface area contributed by atoms with Gasteiger partial charge in [-0.15, -0.1) is 11.3 Å². The summed E-state index contributed by atoms with van der Waals surface area (Å²) in [6.45, 7) is 17.7. The molecule has 0 fully saturated rings. The van der Waals surface area contributed by atoms with Gasteiger partial charge >= 0.3 is 0 Å². The summed E-state index contributed by atoms with van der Waals surface area (Å²) in [5.41, 5.74) is 1.54. The predicted molar refractivity (Wildman–Crippen MR) is 81.5 cm³/mol. The van der Waals surface area contributed by atoms with Gasteiger partial charge in [-0.3, -0.25) is 0 Å². The molecule has 0 amide bonds. The van der Waals surface area contributed by atoms with Gasteiger partial charge in [-0.25, -0.2) is 4.98 Å². The molecular weight excluding hydrogens is 240 g/mol. The first-order valence-electron chi connectivity index (χ1n) is 6.87. The summed E-state index contributed by atoms with van der Waals surface area (Å²) >= 11 is 1.87. The highest BCUT2D eigenvalue weighted by Gasteiger charge is 2.27. The van der Waals surface area contributed by atoms with Crippen molar-refractivity contribution >= 4 is 11.3 Å². The highest BCUT2D eigenvalue weighted by molar-refractivity contribution is 7.11. The smallest absolute Gasteiger partial charge is 0.0985 e. The first-order chi connectivity index (χ1) is 8.16. The second-order valence-electron chi connectivity index (χ2n) is 6.97. The van der Waals surface area contributed by atoms with Gasteiger partial charge in [0.2, 0.25) is 0 Å². The van der Waals surface area contributed by atoms with Gasteiger partial charge in [-0.05, 0) is 13.0 Å². The van der Waals surface area contributed by atoms with E-state index >= 15 is 0 Å². The standard InChI is InChI=1S/C15H28N2S/c1-8-9-16-10-11-12(14(2,3)4)17-13(18-11)15(5,6)7/h16H,8-10H2,1-7H3. The van der Waals surface area contributed by atoms with E-state index in [9.17, 15) is 0 Å². The SMILES string of the molecule is CCCNCc1sc(C(C)(C)C)nc1C(C)(C)C. The Morgan fingerprint density at radius 2 is 1.67 bits per heavy atom. The summed E-state index contributed by atoms with van der Waals surface area (Å²) in [5.74, 6) is 0. The summed E-state index contributed by atoms with van der Waals surface area (Å²) in [7, 11) is 0. The average molecular weight is 268 g/mol. The van der Waals surface area contributed by atoms with Gasteiger partial charge < -0.3 is 5.32 Å². The Morgan fingerprint density at radius 3 is 2.11 bits per heavy atom. The minimum Gasteiger partial charge on any atom is -0.312 e. The third-order valence-electron chi connectivity index (χ3n) is 2.76. The molecular formula is C15H28N2S. The van der Waals surface area contributed by atoms with Crippen molar-refractivity contribution in [2.24, 2.45) is 0 Å². The van der Waals surface area contributed by atoms with E-state index in [1.54, 1.807) is 0 Å². The Morgan fingerprint density at radius 1 is 1.06 bits per heavy atom. The Balaban J connectivity index is 3.02. The topological polar surface area (TPSA) is 24.9 Å². The monoisotopic (exact) mass is 268 g/mol. The van der Waals surface area contributed by atoms with Gasteiger partial charge in [-0.1, -0.05) is 48.5 Å². The van der Waals surface area contributed by atoms with Crippen LogP contribution in [-0.2, 0) is 17.4 Å². The molecule has 2 nitrogen and oxygen atoms in total. The molecule has 0 atom stereocenters. The highest BCUT2D eigenvalue weighted by atomic mass is 32.1. The number of hydrogen-bond donors (Lipinski definition) is 1. The first kappa shape index (κ1) is 15.6. The van der Waals surface area contributed by atoms with Crippen molar-refractivity contribution in [3.63, 3.8) is 0 Å².